The van der Waals surface area contributed by atoms with E-state index in [-0.39, 0.29) is 11.7 Å². The van der Waals surface area contributed by atoms with Crippen LogP contribution in [-0.2, 0) is 11.2 Å². The Morgan fingerprint density at radius 3 is 2.76 bits per heavy atom. The molecule has 0 bridgehead atoms. The van der Waals surface area contributed by atoms with E-state index in [0.29, 0.717) is 12.4 Å². The summed E-state index contributed by atoms with van der Waals surface area (Å²) in [6.07, 6.45) is 3.27. The average molecular weight is 234 g/mol. The summed E-state index contributed by atoms with van der Waals surface area (Å²) in [6.45, 7) is 6.59. The van der Waals surface area contributed by atoms with E-state index in [2.05, 4.69) is 11.9 Å². The zero-order valence-electron chi connectivity index (χ0n) is 10.6. The number of carbonyl (C=O) groups excluding carboxylic acids is 1. The molecule has 0 aliphatic carbocycles. The first-order chi connectivity index (χ1) is 8.02. The van der Waals surface area contributed by atoms with Crippen LogP contribution >= 0.6 is 0 Å². The molecule has 1 amide bonds. The maximum atomic E-state index is 11.8. The number of amides is 1. The second-order valence-corrected chi connectivity index (χ2v) is 4.91. The lowest BCUT2D eigenvalue weighted by molar-refractivity contribution is 0.0234. The summed E-state index contributed by atoms with van der Waals surface area (Å²) in [6, 6.07) is 3.87. The number of hydrogen-bond acceptors (Lipinski definition) is 3. The highest BCUT2D eigenvalue weighted by Gasteiger charge is 2.33. The number of ether oxygens (including phenoxy) is 1. The molecule has 17 heavy (non-hydrogen) atoms. The van der Waals surface area contributed by atoms with Crippen molar-refractivity contribution in [3.05, 3.63) is 23.9 Å². The Balaban J connectivity index is 2.15. The van der Waals surface area contributed by atoms with E-state index < -0.39 is 0 Å². The van der Waals surface area contributed by atoms with Gasteiger partial charge in [0.2, 0.25) is 0 Å². The lowest BCUT2D eigenvalue weighted by atomic mass is 10.0. The molecule has 0 spiro atoms. The molecule has 0 N–H and O–H groups in total. The predicted octanol–water partition coefficient (Wildman–Crippen LogP) is 2.77. The third-order valence-electron chi connectivity index (χ3n) is 3.02. The van der Waals surface area contributed by atoms with E-state index in [1.165, 1.54) is 5.56 Å². The number of cyclic esters (lactones) is 1. The van der Waals surface area contributed by atoms with Gasteiger partial charge < -0.3 is 4.74 Å². The molecule has 0 saturated carbocycles. The number of rotatable bonds is 2. The number of aromatic nitrogens is 1. The van der Waals surface area contributed by atoms with Gasteiger partial charge in [0, 0.05) is 19.2 Å². The lowest BCUT2D eigenvalue weighted by Crippen LogP contribution is -2.47. The third-order valence-corrected chi connectivity index (χ3v) is 3.02. The number of hydrogen-bond donors (Lipinski definition) is 0. The minimum atomic E-state index is -0.364. The molecule has 1 aliphatic heterocycles. The van der Waals surface area contributed by atoms with E-state index >= 15 is 0 Å². The first-order valence-corrected chi connectivity index (χ1v) is 5.97. The van der Waals surface area contributed by atoms with Crippen molar-refractivity contribution in [1.29, 1.82) is 0 Å². The Morgan fingerprint density at radius 2 is 2.24 bits per heavy atom. The molecule has 4 nitrogen and oxygen atoms in total. The van der Waals surface area contributed by atoms with Crippen LogP contribution in [0.1, 0.15) is 32.8 Å². The lowest BCUT2D eigenvalue weighted by Gasteiger charge is -2.35. The highest BCUT2D eigenvalue weighted by atomic mass is 16.6. The SMILES string of the molecule is CCc1ccc(N2CCC(C)(C)OC2=O)nc1. The molecule has 0 unspecified atom stereocenters. The molecule has 2 heterocycles. The Hall–Kier alpha value is -1.58. The number of anilines is 1. The third kappa shape index (κ3) is 2.57. The summed E-state index contributed by atoms with van der Waals surface area (Å²) in [5.41, 5.74) is 0.802. The maximum absolute atomic E-state index is 11.8. The van der Waals surface area contributed by atoms with Gasteiger partial charge in [-0.1, -0.05) is 13.0 Å². The Labute approximate surface area is 102 Å². The summed E-state index contributed by atoms with van der Waals surface area (Å²) < 4.78 is 5.34. The summed E-state index contributed by atoms with van der Waals surface area (Å²) in [5, 5.41) is 0. The minimum absolute atomic E-state index is 0.307. The van der Waals surface area contributed by atoms with Crippen LogP contribution in [0.25, 0.3) is 0 Å². The van der Waals surface area contributed by atoms with Gasteiger partial charge in [0.05, 0.1) is 0 Å². The minimum Gasteiger partial charge on any atom is -0.443 e. The molecule has 1 fully saturated rings. The smallest absolute Gasteiger partial charge is 0.416 e. The van der Waals surface area contributed by atoms with E-state index in [1.807, 2.05) is 32.2 Å². The first kappa shape index (κ1) is 11.9. The van der Waals surface area contributed by atoms with Gasteiger partial charge in [-0.15, -0.1) is 0 Å². The molecule has 1 aliphatic rings. The van der Waals surface area contributed by atoms with Crippen molar-refractivity contribution >= 4 is 11.9 Å². The van der Waals surface area contributed by atoms with E-state index in [9.17, 15) is 4.79 Å². The van der Waals surface area contributed by atoms with Gasteiger partial charge in [0.15, 0.2) is 0 Å². The first-order valence-electron chi connectivity index (χ1n) is 5.97. The largest absolute Gasteiger partial charge is 0.443 e. The monoisotopic (exact) mass is 234 g/mol. The number of aryl methyl sites for hydroxylation is 1. The number of nitrogens with zero attached hydrogens (tertiary/aromatic N) is 2. The van der Waals surface area contributed by atoms with Crippen molar-refractivity contribution in [2.75, 3.05) is 11.4 Å². The van der Waals surface area contributed by atoms with Gasteiger partial charge >= 0.3 is 6.09 Å². The molecule has 92 valence electrons. The number of carbonyl (C=O) groups is 1. The number of pyridine rings is 1. The highest BCUT2D eigenvalue weighted by Crippen LogP contribution is 2.25. The maximum Gasteiger partial charge on any atom is 0.416 e. The fourth-order valence-electron chi connectivity index (χ4n) is 1.81. The van der Waals surface area contributed by atoms with Crippen LogP contribution in [0, 0.1) is 0 Å². The van der Waals surface area contributed by atoms with Crippen molar-refractivity contribution in [3.8, 4) is 0 Å². The average Bonchev–Trinajstić information content (AvgIpc) is 2.28. The van der Waals surface area contributed by atoms with Crippen LogP contribution in [0.4, 0.5) is 10.6 Å². The fourth-order valence-corrected chi connectivity index (χ4v) is 1.81. The van der Waals surface area contributed by atoms with E-state index in [0.717, 1.165) is 12.8 Å². The normalized spacial score (nSPS) is 19.0. The predicted molar refractivity (Wildman–Crippen MR) is 66.1 cm³/mol. The van der Waals surface area contributed by atoms with Crippen molar-refractivity contribution in [3.63, 3.8) is 0 Å². The van der Waals surface area contributed by atoms with Gasteiger partial charge in [-0.3, -0.25) is 4.90 Å². The Kier molecular flexibility index (Phi) is 3.05. The zero-order valence-corrected chi connectivity index (χ0v) is 10.6. The zero-order chi connectivity index (χ0) is 12.5. The van der Waals surface area contributed by atoms with E-state index in [1.54, 1.807) is 4.90 Å². The molecule has 0 atom stereocenters. The molecular weight excluding hydrogens is 216 g/mol. The quantitative estimate of drug-likeness (QED) is 0.790. The summed E-state index contributed by atoms with van der Waals surface area (Å²) in [5.74, 6) is 0.669. The van der Waals surface area contributed by atoms with Crippen LogP contribution in [0.3, 0.4) is 0 Å². The summed E-state index contributed by atoms with van der Waals surface area (Å²) >= 11 is 0. The molecule has 2 rings (SSSR count). The molecular formula is C13H18N2O2. The van der Waals surface area contributed by atoms with Gasteiger partial charge in [-0.2, -0.15) is 0 Å². The van der Waals surface area contributed by atoms with Crippen LogP contribution < -0.4 is 4.90 Å². The molecule has 4 heteroatoms. The van der Waals surface area contributed by atoms with Crippen molar-refractivity contribution in [2.45, 2.75) is 39.2 Å². The molecule has 0 aromatic carbocycles. The summed E-state index contributed by atoms with van der Waals surface area (Å²) in [4.78, 5) is 17.7. The fraction of sp³-hybridized carbons (Fsp3) is 0.538. The molecule has 0 radical (unpaired) electrons. The molecule has 1 saturated heterocycles. The van der Waals surface area contributed by atoms with Crippen molar-refractivity contribution in [1.82, 2.24) is 4.98 Å². The second kappa shape index (κ2) is 4.35. The molecule has 1 aromatic heterocycles. The van der Waals surface area contributed by atoms with Gasteiger partial charge in [0.25, 0.3) is 0 Å². The van der Waals surface area contributed by atoms with Crippen LogP contribution in [0.15, 0.2) is 18.3 Å². The van der Waals surface area contributed by atoms with Gasteiger partial charge in [-0.25, -0.2) is 9.78 Å². The van der Waals surface area contributed by atoms with Crippen LogP contribution in [0.5, 0.6) is 0 Å². The topological polar surface area (TPSA) is 42.4 Å². The van der Waals surface area contributed by atoms with E-state index in [4.69, 9.17) is 4.74 Å². The van der Waals surface area contributed by atoms with Crippen molar-refractivity contribution < 1.29 is 9.53 Å². The Morgan fingerprint density at radius 1 is 1.47 bits per heavy atom. The second-order valence-electron chi connectivity index (χ2n) is 4.91. The van der Waals surface area contributed by atoms with Crippen molar-refractivity contribution in [2.24, 2.45) is 0 Å². The highest BCUT2D eigenvalue weighted by molar-refractivity contribution is 5.87. The van der Waals surface area contributed by atoms with Crippen LogP contribution in [0.2, 0.25) is 0 Å². The Bertz CT molecular complexity index is 412. The molecule has 1 aromatic rings. The summed E-state index contributed by atoms with van der Waals surface area (Å²) in [7, 11) is 0. The van der Waals surface area contributed by atoms with Crippen LogP contribution in [-0.4, -0.2) is 23.2 Å². The standard InChI is InChI=1S/C13H18N2O2/c1-4-10-5-6-11(14-9-10)15-8-7-13(2,3)17-12(15)16/h5-6,9H,4,7-8H2,1-3H3. The van der Waals surface area contributed by atoms with Gasteiger partial charge in [0.1, 0.15) is 11.4 Å². The van der Waals surface area contributed by atoms with Gasteiger partial charge in [-0.05, 0) is 31.9 Å².